The van der Waals surface area contributed by atoms with Crippen LogP contribution in [0.2, 0.25) is 0 Å². The monoisotopic (exact) mass is 238 g/mol. The summed E-state index contributed by atoms with van der Waals surface area (Å²) in [6.07, 6.45) is 1.22. The molecule has 0 radical (unpaired) electrons. The summed E-state index contributed by atoms with van der Waals surface area (Å²) in [5.74, 6) is 2.01. The van der Waals surface area contributed by atoms with Crippen molar-refractivity contribution in [1.82, 2.24) is 10.2 Å². The lowest BCUT2D eigenvalue weighted by molar-refractivity contribution is 0.280. The van der Waals surface area contributed by atoms with Crippen LogP contribution in [0.25, 0.3) is 0 Å². The molecule has 1 atom stereocenters. The van der Waals surface area contributed by atoms with Crippen molar-refractivity contribution in [1.29, 1.82) is 0 Å². The molecular formula is C14H26N2O. The van der Waals surface area contributed by atoms with Crippen LogP contribution < -0.4 is 5.32 Å². The predicted molar refractivity (Wildman–Crippen MR) is 72.3 cm³/mol. The molecule has 1 unspecified atom stereocenters. The first kappa shape index (κ1) is 14.3. The van der Waals surface area contributed by atoms with Gasteiger partial charge in [0.05, 0.1) is 6.04 Å². The second-order valence-electron chi connectivity index (χ2n) is 4.56. The molecule has 0 saturated heterocycles. The molecule has 17 heavy (non-hydrogen) atoms. The number of nitrogens with zero attached hydrogens (tertiary/aromatic N) is 1. The van der Waals surface area contributed by atoms with Crippen LogP contribution >= 0.6 is 0 Å². The first-order chi connectivity index (χ1) is 8.17. The number of hydrogen-bond acceptors (Lipinski definition) is 3. The molecule has 1 heterocycles. The van der Waals surface area contributed by atoms with Crippen LogP contribution in [0.5, 0.6) is 0 Å². The highest BCUT2D eigenvalue weighted by atomic mass is 16.3. The van der Waals surface area contributed by atoms with Crippen LogP contribution in [0.1, 0.15) is 44.8 Å². The van der Waals surface area contributed by atoms with Crippen LogP contribution in [-0.2, 0) is 0 Å². The van der Waals surface area contributed by atoms with Gasteiger partial charge in [0.1, 0.15) is 11.5 Å². The Balaban J connectivity index is 2.26. The first-order valence-electron chi connectivity index (χ1n) is 6.69. The minimum Gasteiger partial charge on any atom is -0.465 e. The minimum atomic E-state index is 0.295. The van der Waals surface area contributed by atoms with Gasteiger partial charge < -0.3 is 14.6 Å². The van der Waals surface area contributed by atoms with Gasteiger partial charge in [-0.1, -0.05) is 13.8 Å². The van der Waals surface area contributed by atoms with Crippen molar-refractivity contribution >= 4 is 0 Å². The summed E-state index contributed by atoms with van der Waals surface area (Å²) in [6, 6.07) is 4.36. The second kappa shape index (κ2) is 7.51. The van der Waals surface area contributed by atoms with E-state index in [-0.39, 0.29) is 0 Å². The lowest BCUT2D eigenvalue weighted by atomic mass is 10.2. The normalized spacial score (nSPS) is 13.2. The minimum absolute atomic E-state index is 0.295. The van der Waals surface area contributed by atoms with Gasteiger partial charge in [-0.05, 0) is 45.5 Å². The van der Waals surface area contributed by atoms with Crippen LogP contribution in [0.3, 0.4) is 0 Å². The molecule has 0 saturated carbocycles. The molecule has 1 N–H and O–H groups in total. The van der Waals surface area contributed by atoms with E-state index in [4.69, 9.17) is 4.42 Å². The molecule has 0 aliphatic heterocycles. The highest BCUT2D eigenvalue weighted by Gasteiger charge is 2.09. The number of aryl methyl sites for hydroxylation is 1. The Morgan fingerprint density at radius 1 is 1.29 bits per heavy atom. The third-order valence-corrected chi connectivity index (χ3v) is 3.05. The van der Waals surface area contributed by atoms with Crippen molar-refractivity contribution < 1.29 is 4.42 Å². The fourth-order valence-corrected chi connectivity index (χ4v) is 1.97. The van der Waals surface area contributed by atoms with E-state index in [1.54, 1.807) is 0 Å². The van der Waals surface area contributed by atoms with Gasteiger partial charge in [-0.3, -0.25) is 0 Å². The number of hydrogen-bond donors (Lipinski definition) is 1. The zero-order valence-corrected chi connectivity index (χ0v) is 11.6. The molecule has 0 spiro atoms. The Morgan fingerprint density at radius 3 is 2.59 bits per heavy atom. The van der Waals surface area contributed by atoms with E-state index in [9.17, 15) is 0 Å². The standard InChI is InChI=1S/C14H26N2O/c1-5-10-16(6-2)11-9-15-13(4)14-8-7-12(3)17-14/h7-8,13,15H,5-6,9-11H2,1-4H3. The molecule has 0 aliphatic carbocycles. The van der Waals surface area contributed by atoms with Crippen molar-refractivity contribution in [3.8, 4) is 0 Å². The number of likely N-dealkylation sites (N-methyl/N-ethyl adjacent to an activating group) is 1. The SMILES string of the molecule is CCCN(CC)CCNC(C)c1ccc(C)o1. The molecule has 98 valence electrons. The highest BCUT2D eigenvalue weighted by molar-refractivity contribution is 5.08. The molecular weight excluding hydrogens is 212 g/mol. The fraction of sp³-hybridized carbons (Fsp3) is 0.714. The van der Waals surface area contributed by atoms with Crippen LogP contribution in [0.4, 0.5) is 0 Å². The lowest BCUT2D eigenvalue weighted by Gasteiger charge is -2.20. The Morgan fingerprint density at radius 2 is 2.06 bits per heavy atom. The smallest absolute Gasteiger partial charge is 0.120 e. The largest absolute Gasteiger partial charge is 0.465 e. The summed E-state index contributed by atoms with van der Waals surface area (Å²) in [5, 5.41) is 3.50. The van der Waals surface area contributed by atoms with E-state index in [1.165, 1.54) is 13.0 Å². The maximum Gasteiger partial charge on any atom is 0.120 e. The molecule has 0 amide bonds. The number of nitrogens with one attached hydrogen (secondary N) is 1. The summed E-state index contributed by atoms with van der Waals surface area (Å²) in [4.78, 5) is 2.47. The predicted octanol–water partition coefficient (Wildman–Crippen LogP) is 2.97. The van der Waals surface area contributed by atoms with E-state index < -0.39 is 0 Å². The zero-order valence-electron chi connectivity index (χ0n) is 11.6. The topological polar surface area (TPSA) is 28.4 Å². The van der Waals surface area contributed by atoms with Crippen molar-refractivity contribution in [2.24, 2.45) is 0 Å². The van der Waals surface area contributed by atoms with E-state index in [2.05, 4.69) is 37.1 Å². The maximum absolute atomic E-state index is 5.60. The summed E-state index contributed by atoms with van der Waals surface area (Å²) in [7, 11) is 0. The lowest BCUT2D eigenvalue weighted by Crippen LogP contribution is -2.33. The van der Waals surface area contributed by atoms with Gasteiger partial charge in [0.15, 0.2) is 0 Å². The van der Waals surface area contributed by atoms with E-state index >= 15 is 0 Å². The van der Waals surface area contributed by atoms with E-state index in [0.29, 0.717) is 6.04 Å². The van der Waals surface area contributed by atoms with Gasteiger partial charge in [0.25, 0.3) is 0 Å². The summed E-state index contributed by atoms with van der Waals surface area (Å²) in [6.45, 7) is 13.0. The molecule has 0 aliphatic rings. The Kier molecular flexibility index (Phi) is 6.30. The van der Waals surface area contributed by atoms with Gasteiger partial charge >= 0.3 is 0 Å². The maximum atomic E-state index is 5.60. The van der Waals surface area contributed by atoms with Crippen molar-refractivity contribution in [3.63, 3.8) is 0 Å². The number of furan rings is 1. The summed E-state index contributed by atoms with van der Waals surface area (Å²) < 4.78 is 5.60. The third-order valence-electron chi connectivity index (χ3n) is 3.05. The molecule has 0 fully saturated rings. The molecule has 1 aromatic heterocycles. The third kappa shape index (κ3) is 4.92. The van der Waals surface area contributed by atoms with E-state index in [0.717, 1.165) is 31.2 Å². The average molecular weight is 238 g/mol. The van der Waals surface area contributed by atoms with Gasteiger partial charge in [-0.2, -0.15) is 0 Å². The van der Waals surface area contributed by atoms with Crippen LogP contribution in [0.15, 0.2) is 16.5 Å². The second-order valence-corrected chi connectivity index (χ2v) is 4.56. The van der Waals surface area contributed by atoms with Gasteiger partial charge in [0.2, 0.25) is 0 Å². The molecule has 1 aromatic rings. The highest BCUT2D eigenvalue weighted by Crippen LogP contribution is 2.14. The van der Waals surface area contributed by atoms with Crippen molar-refractivity contribution in [2.45, 2.75) is 40.2 Å². The van der Waals surface area contributed by atoms with Crippen molar-refractivity contribution in [3.05, 3.63) is 23.7 Å². The van der Waals surface area contributed by atoms with Crippen molar-refractivity contribution in [2.75, 3.05) is 26.2 Å². The average Bonchev–Trinajstić information content (AvgIpc) is 2.74. The molecule has 0 bridgehead atoms. The molecule has 1 rings (SSSR count). The van der Waals surface area contributed by atoms with Crippen LogP contribution in [-0.4, -0.2) is 31.1 Å². The van der Waals surface area contributed by atoms with Gasteiger partial charge in [0, 0.05) is 13.1 Å². The summed E-state index contributed by atoms with van der Waals surface area (Å²) in [5.41, 5.74) is 0. The fourth-order valence-electron chi connectivity index (χ4n) is 1.97. The van der Waals surface area contributed by atoms with Crippen LogP contribution in [0, 0.1) is 6.92 Å². The Hall–Kier alpha value is -0.800. The molecule has 3 nitrogen and oxygen atoms in total. The zero-order chi connectivity index (χ0) is 12.7. The number of rotatable bonds is 8. The van der Waals surface area contributed by atoms with Gasteiger partial charge in [-0.15, -0.1) is 0 Å². The first-order valence-corrected chi connectivity index (χ1v) is 6.69. The molecule has 0 aromatic carbocycles. The summed E-state index contributed by atoms with van der Waals surface area (Å²) >= 11 is 0. The van der Waals surface area contributed by atoms with Gasteiger partial charge in [-0.25, -0.2) is 0 Å². The Labute approximate surface area is 105 Å². The van der Waals surface area contributed by atoms with E-state index in [1.807, 2.05) is 13.0 Å². The quantitative estimate of drug-likeness (QED) is 0.754. The molecule has 3 heteroatoms. The Bertz CT molecular complexity index is 309.